The van der Waals surface area contributed by atoms with Crippen LogP contribution in [0.3, 0.4) is 0 Å². The van der Waals surface area contributed by atoms with E-state index in [2.05, 4.69) is 0 Å². The van der Waals surface area contributed by atoms with Crippen molar-refractivity contribution in [1.82, 2.24) is 0 Å². The average molecular weight is 264 g/mol. The van der Waals surface area contributed by atoms with Gasteiger partial charge in [-0.15, -0.1) is 0 Å². The predicted molar refractivity (Wildman–Crippen MR) is 56.7 cm³/mol. The van der Waals surface area contributed by atoms with Crippen molar-refractivity contribution >= 4 is 5.97 Å². The lowest BCUT2D eigenvalue weighted by atomic mass is 9.81. The summed E-state index contributed by atoms with van der Waals surface area (Å²) >= 11 is 0. The van der Waals surface area contributed by atoms with Gasteiger partial charge in [0.05, 0.1) is 12.0 Å². The fraction of sp³-hybridized carbons (Fsp3) is 0.417. The van der Waals surface area contributed by atoms with Gasteiger partial charge >= 0.3 is 12.1 Å². The molecule has 100 valence electrons. The summed E-state index contributed by atoms with van der Waals surface area (Å²) in [4.78, 5) is 10.6. The zero-order valence-corrected chi connectivity index (χ0v) is 9.81. The molecule has 0 aliphatic rings. The Morgan fingerprint density at radius 3 is 2.28 bits per heavy atom. The summed E-state index contributed by atoms with van der Waals surface area (Å²) in [5.41, 5.74) is -2.24. The summed E-state index contributed by atoms with van der Waals surface area (Å²) in [6.07, 6.45) is -5.13. The maximum atomic E-state index is 13.1. The van der Waals surface area contributed by atoms with Crippen molar-refractivity contribution in [3.05, 3.63) is 35.1 Å². The molecule has 18 heavy (non-hydrogen) atoms. The molecule has 2 nitrogen and oxygen atoms in total. The van der Waals surface area contributed by atoms with Crippen LogP contribution in [0.4, 0.5) is 17.6 Å². The number of hydrogen-bond acceptors (Lipinski definition) is 1. The number of benzene rings is 1. The zero-order chi connectivity index (χ0) is 14.1. The van der Waals surface area contributed by atoms with Crippen molar-refractivity contribution in [3.8, 4) is 0 Å². The van der Waals surface area contributed by atoms with Gasteiger partial charge in [0, 0.05) is 5.41 Å². The Bertz CT molecular complexity index is 464. The van der Waals surface area contributed by atoms with E-state index in [0.717, 1.165) is 0 Å². The third-order valence-corrected chi connectivity index (χ3v) is 2.65. The molecule has 1 aromatic rings. The Morgan fingerprint density at radius 1 is 1.28 bits per heavy atom. The fourth-order valence-corrected chi connectivity index (χ4v) is 1.64. The van der Waals surface area contributed by atoms with E-state index in [9.17, 15) is 22.4 Å². The van der Waals surface area contributed by atoms with Crippen molar-refractivity contribution in [2.75, 3.05) is 0 Å². The SMILES string of the molecule is CC(C)(CC(=O)O)c1ccc(F)c(C(F)(F)F)c1. The van der Waals surface area contributed by atoms with Gasteiger partial charge in [0.2, 0.25) is 0 Å². The molecule has 0 radical (unpaired) electrons. The topological polar surface area (TPSA) is 37.3 Å². The van der Waals surface area contributed by atoms with Gasteiger partial charge in [-0.25, -0.2) is 4.39 Å². The van der Waals surface area contributed by atoms with Crippen LogP contribution < -0.4 is 0 Å². The molecular formula is C12H12F4O2. The second kappa shape index (κ2) is 4.59. The molecule has 1 rings (SSSR count). The summed E-state index contributed by atoms with van der Waals surface area (Å²) in [6, 6.07) is 2.55. The number of carboxylic acid groups (broad SMARTS) is 1. The van der Waals surface area contributed by atoms with E-state index < -0.39 is 28.9 Å². The molecule has 0 bridgehead atoms. The summed E-state index contributed by atoms with van der Waals surface area (Å²) in [7, 11) is 0. The Morgan fingerprint density at radius 2 is 1.83 bits per heavy atom. The lowest BCUT2D eigenvalue weighted by Crippen LogP contribution is -2.22. The first-order valence-corrected chi connectivity index (χ1v) is 5.13. The monoisotopic (exact) mass is 264 g/mol. The lowest BCUT2D eigenvalue weighted by molar-refractivity contribution is -0.140. The van der Waals surface area contributed by atoms with Gasteiger partial charge in [-0.3, -0.25) is 4.79 Å². The quantitative estimate of drug-likeness (QED) is 0.847. The molecule has 6 heteroatoms. The second-order valence-electron chi connectivity index (χ2n) is 4.65. The third-order valence-electron chi connectivity index (χ3n) is 2.65. The van der Waals surface area contributed by atoms with Crippen LogP contribution in [0.15, 0.2) is 18.2 Å². The van der Waals surface area contributed by atoms with E-state index in [1.807, 2.05) is 0 Å². The van der Waals surface area contributed by atoms with E-state index >= 15 is 0 Å². The largest absolute Gasteiger partial charge is 0.481 e. The summed E-state index contributed by atoms with van der Waals surface area (Å²) in [5.74, 6) is -2.49. The van der Waals surface area contributed by atoms with Crippen LogP contribution in [0.5, 0.6) is 0 Å². The van der Waals surface area contributed by atoms with Crippen LogP contribution in [0, 0.1) is 5.82 Å². The van der Waals surface area contributed by atoms with E-state index in [1.54, 1.807) is 0 Å². The molecule has 0 saturated carbocycles. The molecular weight excluding hydrogens is 252 g/mol. The van der Waals surface area contributed by atoms with Gasteiger partial charge < -0.3 is 5.11 Å². The lowest BCUT2D eigenvalue weighted by Gasteiger charge is -2.24. The van der Waals surface area contributed by atoms with E-state index in [1.165, 1.54) is 19.9 Å². The maximum absolute atomic E-state index is 13.1. The Balaban J connectivity index is 3.24. The summed E-state index contributed by atoms with van der Waals surface area (Å²) in [6.45, 7) is 2.99. The van der Waals surface area contributed by atoms with Crippen molar-refractivity contribution in [3.63, 3.8) is 0 Å². The van der Waals surface area contributed by atoms with Crippen molar-refractivity contribution in [2.45, 2.75) is 31.9 Å². The van der Waals surface area contributed by atoms with Crippen LogP contribution in [-0.2, 0) is 16.4 Å². The molecule has 0 unspecified atom stereocenters. The average Bonchev–Trinajstić information content (AvgIpc) is 2.13. The minimum Gasteiger partial charge on any atom is -0.481 e. The minimum absolute atomic E-state index is 0.138. The number of carboxylic acids is 1. The van der Waals surface area contributed by atoms with E-state index in [-0.39, 0.29) is 12.0 Å². The molecule has 0 amide bonds. The fourth-order valence-electron chi connectivity index (χ4n) is 1.64. The van der Waals surface area contributed by atoms with Crippen molar-refractivity contribution < 1.29 is 27.5 Å². The number of halogens is 4. The second-order valence-corrected chi connectivity index (χ2v) is 4.65. The highest BCUT2D eigenvalue weighted by Crippen LogP contribution is 2.35. The molecule has 0 aromatic heterocycles. The van der Waals surface area contributed by atoms with Crippen LogP contribution in [0.1, 0.15) is 31.4 Å². The van der Waals surface area contributed by atoms with Crippen LogP contribution in [-0.4, -0.2) is 11.1 Å². The first kappa shape index (κ1) is 14.5. The van der Waals surface area contributed by atoms with Gasteiger partial charge in [-0.05, 0) is 17.7 Å². The highest BCUT2D eigenvalue weighted by molar-refractivity contribution is 5.68. The summed E-state index contributed by atoms with van der Waals surface area (Å²) < 4.78 is 50.6. The van der Waals surface area contributed by atoms with Gasteiger partial charge in [0.1, 0.15) is 5.82 Å². The normalized spacial score (nSPS) is 12.6. The Labute approximate surface area is 101 Å². The Kier molecular flexibility index (Phi) is 3.69. The van der Waals surface area contributed by atoms with Gasteiger partial charge in [-0.1, -0.05) is 19.9 Å². The van der Waals surface area contributed by atoms with Crippen molar-refractivity contribution in [1.29, 1.82) is 0 Å². The van der Waals surface area contributed by atoms with E-state index in [0.29, 0.717) is 12.1 Å². The highest BCUT2D eigenvalue weighted by atomic mass is 19.4. The van der Waals surface area contributed by atoms with Gasteiger partial charge in [-0.2, -0.15) is 13.2 Å². The number of carbonyl (C=O) groups is 1. The smallest absolute Gasteiger partial charge is 0.419 e. The number of alkyl halides is 3. The molecule has 0 saturated heterocycles. The molecule has 0 aliphatic heterocycles. The number of rotatable bonds is 3. The van der Waals surface area contributed by atoms with Crippen LogP contribution >= 0.6 is 0 Å². The molecule has 0 atom stereocenters. The van der Waals surface area contributed by atoms with Crippen molar-refractivity contribution in [2.24, 2.45) is 0 Å². The first-order valence-electron chi connectivity index (χ1n) is 5.13. The first-order chi connectivity index (χ1) is 8.04. The minimum atomic E-state index is -4.79. The highest BCUT2D eigenvalue weighted by Gasteiger charge is 2.36. The predicted octanol–water partition coefficient (Wildman–Crippen LogP) is 3.60. The standard InChI is InChI=1S/C12H12F4O2/c1-11(2,6-10(17)18)7-3-4-9(13)8(5-7)12(14,15)16/h3-5H,6H2,1-2H3,(H,17,18). The van der Waals surface area contributed by atoms with Gasteiger partial charge in [0.25, 0.3) is 0 Å². The number of hydrogen-bond donors (Lipinski definition) is 1. The van der Waals surface area contributed by atoms with Crippen LogP contribution in [0.25, 0.3) is 0 Å². The molecule has 1 aromatic carbocycles. The zero-order valence-electron chi connectivity index (χ0n) is 9.81. The Hall–Kier alpha value is -1.59. The third kappa shape index (κ3) is 3.21. The molecule has 0 fully saturated rings. The molecule has 1 N–H and O–H groups in total. The number of aliphatic carboxylic acids is 1. The van der Waals surface area contributed by atoms with Gasteiger partial charge in [0.15, 0.2) is 0 Å². The van der Waals surface area contributed by atoms with Crippen LogP contribution in [0.2, 0.25) is 0 Å². The molecule has 0 aliphatic carbocycles. The molecule has 0 heterocycles. The van der Waals surface area contributed by atoms with E-state index in [4.69, 9.17) is 5.11 Å². The maximum Gasteiger partial charge on any atom is 0.419 e. The molecule has 0 spiro atoms. The summed E-state index contributed by atoms with van der Waals surface area (Å²) in [5, 5.41) is 8.70.